The van der Waals surface area contributed by atoms with Crippen LogP contribution in [0.15, 0.2) is 35.2 Å². The van der Waals surface area contributed by atoms with E-state index >= 15 is 0 Å². The minimum Gasteiger partial charge on any atom is -0.383 e. The first-order chi connectivity index (χ1) is 7.25. The molecule has 0 aromatic carbocycles. The lowest BCUT2D eigenvalue weighted by molar-refractivity contribution is 0.962. The quantitative estimate of drug-likeness (QED) is 0.899. The molecule has 2 N–H and O–H groups in total. The van der Waals surface area contributed by atoms with E-state index in [9.17, 15) is 0 Å². The molecule has 2 aromatic rings. The van der Waals surface area contributed by atoms with Crippen LogP contribution in [0, 0.1) is 0 Å². The lowest BCUT2D eigenvalue weighted by Crippen LogP contribution is -2.01. The highest BCUT2D eigenvalue weighted by Gasteiger charge is 2.02. The molecule has 0 atom stereocenters. The first kappa shape index (κ1) is 10.0. The van der Waals surface area contributed by atoms with E-state index < -0.39 is 0 Å². The number of rotatable bonds is 2. The van der Waals surface area contributed by atoms with Crippen LogP contribution in [-0.4, -0.2) is 15.0 Å². The van der Waals surface area contributed by atoms with Crippen molar-refractivity contribution in [3.8, 4) is 0 Å². The van der Waals surface area contributed by atoms with E-state index in [4.69, 9.17) is 5.73 Å². The normalized spacial score (nSPS) is 10.2. The van der Waals surface area contributed by atoms with Gasteiger partial charge in [0.25, 0.3) is 0 Å². The number of halogens is 1. The van der Waals surface area contributed by atoms with Gasteiger partial charge >= 0.3 is 0 Å². The Morgan fingerprint density at radius 3 is 2.87 bits per heavy atom. The number of aromatic nitrogens is 3. The Kier molecular flexibility index (Phi) is 2.91. The van der Waals surface area contributed by atoms with Gasteiger partial charge in [0.2, 0.25) is 0 Å². The average molecular weight is 265 g/mol. The van der Waals surface area contributed by atoms with E-state index in [1.165, 1.54) is 0 Å². The molecule has 0 aliphatic rings. The third-order valence-electron chi connectivity index (χ3n) is 1.91. The van der Waals surface area contributed by atoms with Crippen molar-refractivity contribution in [2.24, 2.45) is 0 Å². The number of nitrogens with zero attached hydrogens (tertiary/aromatic N) is 3. The molecule has 0 spiro atoms. The van der Waals surface area contributed by atoms with Crippen molar-refractivity contribution in [2.75, 3.05) is 5.73 Å². The van der Waals surface area contributed by atoms with Gasteiger partial charge in [0.05, 0.1) is 4.47 Å². The molecule has 0 bridgehead atoms. The summed E-state index contributed by atoms with van der Waals surface area (Å²) in [5.74, 6) is 1.16. The maximum absolute atomic E-state index is 5.66. The summed E-state index contributed by atoms with van der Waals surface area (Å²) in [5, 5.41) is 0. The summed E-state index contributed by atoms with van der Waals surface area (Å²) in [4.78, 5) is 12.4. The maximum atomic E-state index is 5.66. The zero-order chi connectivity index (χ0) is 10.7. The molecule has 0 fully saturated rings. The van der Waals surface area contributed by atoms with Crippen LogP contribution in [0.4, 0.5) is 5.82 Å². The molecule has 0 aliphatic carbocycles. The van der Waals surface area contributed by atoms with Gasteiger partial charge < -0.3 is 5.73 Å². The van der Waals surface area contributed by atoms with Crippen molar-refractivity contribution < 1.29 is 0 Å². The van der Waals surface area contributed by atoms with Crippen molar-refractivity contribution in [1.82, 2.24) is 15.0 Å². The molecule has 4 nitrogen and oxygen atoms in total. The summed E-state index contributed by atoms with van der Waals surface area (Å²) in [7, 11) is 0. The summed E-state index contributed by atoms with van der Waals surface area (Å²) in [6, 6.07) is 3.87. The Balaban J connectivity index is 2.22. The van der Waals surface area contributed by atoms with E-state index in [1.807, 2.05) is 12.1 Å². The van der Waals surface area contributed by atoms with E-state index in [0.29, 0.717) is 18.1 Å². The Morgan fingerprint density at radius 2 is 2.20 bits per heavy atom. The van der Waals surface area contributed by atoms with Crippen LogP contribution in [0.1, 0.15) is 11.4 Å². The Hall–Kier alpha value is -1.49. The molecule has 0 radical (unpaired) electrons. The summed E-state index contributed by atoms with van der Waals surface area (Å²) >= 11 is 3.25. The lowest BCUT2D eigenvalue weighted by atomic mass is 10.2. The van der Waals surface area contributed by atoms with Gasteiger partial charge in [-0.15, -0.1) is 0 Å². The molecule has 0 aliphatic heterocycles. The van der Waals surface area contributed by atoms with Crippen LogP contribution in [0.3, 0.4) is 0 Å². The maximum Gasteiger partial charge on any atom is 0.141 e. The number of nitrogen functional groups attached to an aromatic ring is 1. The lowest BCUT2D eigenvalue weighted by Gasteiger charge is -2.01. The van der Waals surface area contributed by atoms with Crippen LogP contribution in [0.25, 0.3) is 0 Å². The van der Waals surface area contributed by atoms with Crippen molar-refractivity contribution >= 4 is 21.7 Å². The van der Waals surface area contributed by atoms with Gasteiger partial charge in [0.15, 0.2) is 0 Å². The number of pyridine rings is 1. The minimum absolute atomic E-state index is 0.462. The first-order valence-corrected chi connectivity index (χ1v) is 5.21. The molecule has 2 rings (SSSR count). The van der Waals surface area contributed by atoms with E-state index in [2.05, 4.69) is 30.9 Å². The van der Waals surface area contributed by atoms with Crippen LogP contribution < -0.4 is 5.73 Å². The third kappa shape index (κ3) is 2.50. The minimum atomic E-state index is 0.462. The van der Waals surface area contributed by atoms with Crippen LogP contribution >= 0.6 is 15.9 Å². The van der Waals surface area contributed by atoms with Gasteiger partial charge in [-0.1, -0.05) is 6.07 Å². The molecular formula is C10H9BrN4. The molecule has 0 saturated carbocycles. The zero-order valence-corrected chi connectivity index (χ0v) is 9.48. The topological polar surface area (TPSA) is 64.7 Å². The van der Waals surface area contributed by atoms with Crippen LogP contribution in [-0.2, 0) is 6.42 Å². The highest BCUT2D eigenvalue weighted by molar-refractivity contribution is 9.10. The standard InChI is InChI=1S/C10H9BrN4/c11-8-6-14-9(15-10(8)12)4-7-2-1-3-13-5-7/h1-3,5-6H,4H2,(H2,12,14,15). The van der Waals surface area contributed by atoms with E-state index in [-0.39, 0.29) is 0 Å². The highest BCUT2D eigenvalue weighted by atomic mass is 79.9. The van der Waals surface area contributed by atoms with Gasteiger partial charge in [-0.25, -0.2) is 9.97 Å². The molecular weight excluding hydrogens is 256 g/mol. The second kappa shape index (κ2) is 4.35. The van der Waals surface area contributed by atoms with Gasteiger partial charge in [0, 0.05) is 25.0 Å². The van der Waals surface area contributed by atoms with Crippen LogP contribution in [0.5, 0.6) is 0 Å². The summed E-state index contributed by atoms with van der Waals surface area (Å²) in [5.41, 5.74) is 6.73. The Labute approximate surface area is 95.7 Å². The molecule has 5 heteroatoms. The summed E-state index contributed by atoms with van der Waals surface area (Å²) in [6.45, 7) is 0. The fourth-order valence-electron chi connectivity index (χ4n) is 1.19. The third-order valence-corrected chi connectivity index (χ3v) is 2.52. The smallest absolute Gasteiger partial charge is 0.141 e. The first-order valence-electron chi connectivity index (χ1n) is 4.41. The predicted molar refractivity (Wildman–Crippen MR) is 61.2 cm³/mol. The zero-order valence-electron chi connectivity index (χ0n) is 7.89. The van der Waals surface area contributed by atoms with Crippen molar-refractivity contribution in [1.29, 1.82) is 0 Å². The van der Waals surface area contributed by atoms with Crippen molar-refractivity contribution in [3.63, 3.8) is 0 Å². The summed E-state index contributed by atoms with van der Waals surface area (Å²) < 4.78 is 0.720. The average Bonchev–Trinajstić information content (AvgIpc) is 2.25. The monoisotopic (exact) mass is 264 g/mol. The van der Waals surface area contributed by atoms with Crippen molar-refractivity contribution in [2.45, 2.75) is 6.42 Å². The van der Waals surface area contributed by atoms with Crippen molar-refractivity contribution in [3.05, 3.63) is 46.6 Å². The van der Waals surface area contributed by atoms with Gasteiger partial charge in [-0.2, -0.15) is 0 Å². The summed E-state index contributed by atoms with van der Waals surface area (Å²) in [6.07, 6.45) is 5.83. The molecule has 0 unspecified atom stereocenters. The number of anilines is 1. The predicted octanol–water partition coefficient (Wildman–Crippen LogP) is 1.81. The molecule has 2 aromatic heterocycles. The Morgan fingerprint density at radius 1 is 1.33 bits per heavy atom. The van der Waals surface area contributed by atoms with Gasteiger partial charge in [0.1, 0.15) is 11.6 Å². The van der Waals surface area contributed by atoms with E-state index in [1.54, 1.807) is 18.6 Å². The largest absolute Gasteiger partial charge is 0.383 e. The SMILES string of the molecule is Nc1nc(Cc2cccnc2)ncc1Br. The Bertz CT molecular complexity index is 458. The highest BCUT2D eigenvalue weighted by Crippen LogP contribution is 2.15. The fourth-order valence-corrected chi connectivity index (χ4v) is 1.38. The molecule has 76 valence electrons. The molecule has 2 heterocycles. The number of nitrogens with two attached hydrogens (primary N) is 1. The molecule has 0 saturated heterocycles. The second-order valence-corrected chi connectivity index (χ2v) is 3.91. The van der Waals surface area contributed by atoms with E-state index in [0.717, 1.165) is 10.0 Å². The van der Waals surface area contributed by atoms with Crippen LogP contribution in [0.2, 0.25) is 0 Å². The number of hydrogen-bond acceptors (Lipinski definition) is 4. The second-order valence-electron chi connectivity index (χ2n) is 3.06. The fraction of sp³-hybridized carbons (Fsp3) is 0.100. The molecule has 0 amide bonds. The molecule has 15 heavy (non-hydrogen) atoms. The van der Waals surface area contributed by atoms with Gasteiger partial charge in [-0.05, 0) is 27.6 Å². The van der Waals surface area contributed by atoms with Gasteiger partial charge in [-0.3, -0.25) is 4.98 Å². The number of hydrogen-bond donors (Lipinski definition) is 1.